The fourth-order valence-corrected chi connectivity index (χ4v) is 3.18. The largest absolute Gasteiger partial charge is 0.492 e. The van der Waals surface area contributed by atoms with E-state index < -0.39 is 5.97 Å². The average molecular weight is 397 g/mol. The van der Waals surface area contributed by atoms with Gasteiger partial charge in [-0.15, -0.1) is 0 Å². The maximum Gasteiger partial charge on any atom is 0.334 e. The number of ether oxygens (including phenoxy) is 2. The van der Waals surface area contributed by atoms with Gasteiger partial charge in [-0.2, -0.15) is 0 Å². The first-order valence-electron chi connectivity index (χ1n) is 9.72. The second-order valence-electron chi connectivity index (χ2n) is 6.81. The van der Waals surface area contributed by atoms with Crippen molar-refractivity contribution in [1.82, 2.24) is 4.98 Å². The van der Waals surface area contributed by atoms with Gasteiger partial charge in [-0.25, -0.2) is 4.79 Å². The Morgan fingerprint density at radius 3 is 2.52 bits per heavy atom. The molecule has 1 aliphatic rings. The Kier molecular flexibility index (Phi) is 8.07. The molecule has 154 valence electrons. The quantitative estimate of drug-likeness (QED) is 0.274. The van der Waals surface area contributed by atoms with Crippen LogP contribution < -0.4 is 0 Å². The molecule has 1 aromatic rings. The van der Waals surface area contributed by atoms with E-state index in [0.29, 0.717) is 12.0 Å². The predicted molar refractivity (Wildman–Crippen MR) is 109 cm³/mol. The molecule has 1 aromatic heterocycles. The minimum Gasteiger partial charge on any atom is -0.492 e. The highest BCUT2D eigenvalue weighted by Crippen LogP contribution is 2.27. The molecular weight excluding hydrogens is 370 g/mol. The van der Waals surface area contributed by atoms with Crippen LogP contribution >= 0.6 is 0 Å². The summed E-state index contributed by atoms with van der Waals surface area (Å²) in [5.74, 6) is -1.06. The van der Waals surface area contributed by atoms with Crippen LogP contribution in [0.15, 0.2) is 58.7 Å². The highest BCUT2D eigenvalue weighted by molar-refractivity contribution is 6.25. The summed E-state index contributed by atoms with van der Waals surface area (Å²) in [6.07, 6.45) is 7.97. The number of methoxy groups -OCH3 is 1. The number of esters is 1. The van der Waals surface area contributed by atoms with Gasteiger partial charge in [-0.05, 0) is 64.2 Å². The number of Topliss-reactive ketones (excluding diaryl/α,β-unsaturated/α-hetero) is 2. The topological polar surface area (TPSA) is 82.6 Å². The zero-order valence-electron chi connectivity index (χ0n) is 17.4. The Morgan fingerprint density at radius 1 is 1.14 bits per heavy atom. The first kappa shape index (κ1) is 22.3. The number of aryl methyl sites for hydroxylation is 1. The Morgan fingerprint density at radius 2 is 1.90 bits per heavy atom. The smallest absolute Gasteiger partial charge is 0.334 e. The lowest BCUT2D eigenvalue weighted by Gasteiger charge is -2.18. The van der Waals surface area contributed by atoms with E-state index in [-0.39, 0.29) is 40.7 Å². The van der Waals surface area contributed by atoms with E-state index in [4.69, 9.17) is 9.47 Å². The molecule has 0 bridgehead atoms. The zero-order valence-corrected chi connectivity index (χ0v) is 17.4. The number of carbonyl (C=O) groups is 3. The van der Waals surface area contributed by atoms with Gasteiger partial charge < -0.3 is 9.47 Å². The van der Waals surface area contributed by atoms with Gasteiger partial charge in [-0.3, -0.25) is 14.6 Å². The highest BCUT2D eigenvalue weighted by Gasteiger charge is 2.30. The molecule has 0 fully saturated rings. The predicted octanol–water partition coefficient (Wildman–Crippen LogP) is 3.67. The first-order valence-corrected chi connectivity index (χ1v) is 9.72. The standard InChI is InChI=1S/C23H27NO5/c1-5-29-23(27)18(11-7-6-9-17-10-8-12-24-14-17)13-19-15(2)21(26)22(28-4)16(3)20(19)25/h8,10,12-14H,5-7,9,11H2,1-4H3. The molecule has 0 aromatic carbocycles. The lowest BCUT2D eigenvalue weighted by atomic mass is 9.88. The molecule has 1 aliphatic carbocycles. The summed E-state index contributed by atoms with van der Waals surface area (Å²) >= 11 is 0. The Balaban J connectivity index is 2.19. The van der Waals surface area contributed by atoms with Gasteiger partial charge in [0.05, 0.1) is 13.7 Å². The minimum absolute atomic E-state index is 0.0544. The monoisotopic (exact) mass is 397 g/mol. The third-order valence-corrected chi connectivity index (χ3v) is 4.82. The number of allylic oxidation sites excluding steroid dienone is 4. The number of hydrogen-bond acceptors (Lipinski definition) is 6. The number of nitrogens with zero attached hydrogens (tertiary/aromatic N) is 1. The van der Waals surface area contributed by atoms with E-state index in [9.17, 15) is 14.4 Å². The number of aromatic nitrogens is 1. The summed E-state index contributed by atoms with van der Waals surface area (Å²) in [5, 5.41) is 0. The number of carbonyl (C=O) groups excluding carboxylic acids is 3. The van der Waals surface area contributed by atoms with Crippen LogP contribution in [0.3, 0.4) is 0 Å². The van der Waals surface area contributed by atoms with Crippen molar-refractivity contribution < 1.29 is 23.9 Å². The molecule has 0 atom stereocenters. The highest BCUT2D eigenvalue weighted by atomic mass is 16.5. The summed E-state index contributed by atoms with van der Waals surface area (Å²) in [6.45, 7) is 5.10. The zero-order chi connectivity index (χ0) is 21.4. The van der Waals surface area contributed by atoms with Gasteiger partial charge in [0.2, 0.25) is 5.78 Å². The van der Waals surface area contributed by atoms with Crippen LogP contribution in [0.4, 0.5) is 0 Å². The van der Waals surface area contributed by atoms with Gasteiger partial charge in [0.15, 0.2) is 11.5 Å². The molecule has 6 nitrogen and oxygen atoms in total. The lowest BCUT2D eigenvalue weighted by molar-refractivity contribution is -0.138. The van der Waals surface area contributed by atoms with Crippen LogP contribution in [0.5, 0.6) is 0 Å². The average Bonchev–Trinajstić information content (AvgIpc) is 2.72. The number of unbranched alkanes of at least 4 members (excludes halogenated alkanes) is 1. The van der Waals surface area contributed by atoms with Crippen molar-refractivity contribution in [1.29, 1.82) is 0 Å². The van der Waals surface area contributed by atoms with Gasteiger partial charge >= 0.3 is 5.97 Å². The molecule has 0 saturated heterocycles. The van der Waals surface area contributed by atoms with Crippen LogP contribution in [0.2, 0.25) is 0 Å². The molecule has 0 amide bonds. The fourth-order valence-electron chi connectivity index (χ4n) is 3.18. The second kappa shape index (κ2) is 10.5. The first-order chi connectivity index (χ1) is 13.9. The van der Waals surface area contributed by atoms with E-state index >= 15 is 0 Å². The van der Waals surface area contributed by atoms with Crippen molar-refractivity contribution in [2.75, 3.05) is 13.7 Å². The molecule has 29 heavy (non-hydrogen) atoms. The van der Waals surface area contributed by atoms with E-state index in [0.717, 1.165) is 24.8 Å². The van der Waals surface area contributed by atoms with Crippen molar-refractivity contribution in [3.8, 4) is 0 Å². The van der Waals surface area contributed by atoms with Crippen LogP contribution in [0, 0.1) is 0 Å². The van der Waals surface area contributed by atoms with Gasteiger partial charge in [0.1, 0.15) is 0 Å². The van der Waals surface area contributed by atoms with Gasteiger partial charge in [-0.1, -0.05) is 6.07 Å². The number of hydrogen-bond donors (Lipinski definition) is 0. The van der Waals surface area contributed by atoms with E-state index in [1.165, 1.54) is 13.2 Å². The lowest BCUT2D eigenvalue weighted by Crippen LogP contribution is -2.22. The summed E-state index contributed by atoms with van der Waals surface area (Å²) in [5.41, 5.74) is 2.27. The van der Waals surface area contributed by atoms with Crippen LogP contribution in [0.25, 0.3) is 0 Å². The third kappa shape index (κ3) is 5.50. The van der Waals surface area contributed by atoms with Gasteiger partial charge in [0, 0.05) is 34.7 Å². The number of rotatable bonds is 9. The third-order valence-electron chi connectivity index (χ3n) is 4.82. The molecule has 6 heteroatoms. The molecule has 0 aliphatic heterocycles. The van der Waals surface area contributed by atoms with Crippen LogP contribution in [0.1, 0.15) is 45.6 Å². The molecule has 0 radical (unpaired) electrons. The molecule has 0 saturated carbocycles. The van der Waals surface area contributed by atoms with Crippen LogP contribution in [-0.4, -0.2) is 36.2 Å². The second-order valence-corrected chi connectivity index (χ2v) is 6.81. The Labute approximate surface area is 171 Å². The van der Waals surface area contributed by atoms with Crippen molar-refractivity contribution >= 4 is 17.5 Å². The minimum atomic E-state index is -0.464. The molecule has 2 rings (SSSR count). The van der Waals surface area contributed by atoms with E-state index in [1.807, 2.05) is 18.3 Å². The van der Waals surface area contributed by atoms with E-state index in [1.54, 1.807) is 27.0 Å². The summed E-state index contributed by atoms with van der Waals surface area (Å²) in [4.78, 5) is 41.7. The number of pyridine rings is 1. The molecule has 0 spiro atoms. The Bertz CT molecular complexity index is 878. The summed E-state index contributed by atoms with van der Waals surface area (Å²) < 4.78 is 10.2. The van der Waals surface area contributed by atoms with E-state index in [2.05, 4.69) is 4.98 Å². The molecular formula is C23H27NO5. The SMILES string of the molecule is CCOC(=O)C(=CC1=C(C)C(=O)C(OC)=C(C)C1=O)CCCCc1cccnc1. The molecule has 1 heterocycles. The summed E-state index contributed by atoms with van der Waals surface area (Å²) in [6, 6.07) is 3.91. The van der Waals surface area contributed by atoms with Crippen molar-refractivity contribution in [2.24, 2.45) is 0 Å². The van der Waals surface area contributed by atoms with Crippen molar-refractivity contribution in [3.63, 3.8) is 0 Å². The van der Waals surface area contributed by atoms with Gasteiger partial charge in [0.25, 0.3) is 0 Å². The summed E-state index contributed by atoms with van der Waals surface area (Å²) in [7, 11) is 1.37. The number of ketones is 2. The maximum atomic E-state index is 12.7. The molecule has 0 unspecified atom stereocenters. The normalized spacial score (nSPS) is 15.1. The fraction of sp³-hybridized carbons (Fsp3) is 0.391. The maximum absolute atomic E-state index is 12.7. The van der Waals surface area contributed by atoms with Crippen LogP contribution in [-0.2, 0) is 30.3 Å². The molecule has 0 N–H and O–H groups in total. The van der Waals surface area contributed by atoms with Crippen molar-refractivity contribution in [2.45, 2.75) is 46.5 Å². The van der Waals surface area contributed by atoms with Crippen molar-refractivity contribution in [3.05, 3.63) is 64.2 Å². The Hall–Kier alpha value is -3.02.